The van der Waals surface area contributed by atoms with Gasteiger partial charge in [0.15, 0.2) is 5.82 Å². The van der Waals surface area contributed by atoms with Crippen molar-refractivity contribution in [3.63, 3.8) is 0 Å². The summed E-state index contributed by atoms with van der Waals surface area (Å²) in [5, 5.41) is 5.13. The topological polar surface area (TPSA) is 92.6 Å². The Labute approximate surface area is 237 Å². The van der Waals surface area contributed by atoms with E-state index in [-0.39, 0.29) is 5.56 Å². The summed E-state index contributed by atoms with van der Waals surface area (Å²) in [6, 6.07) is 28.8. The van der Waals surface area contributed by atoms with Crippen LogP contribution in [0.1, 0.15) is 24.4 Å². The van der Waals surface area contributed by atoms with E-state index in [9.17, 15) is 4.79 Å². The second-order valence-electron chi connectivity index (χ2n) is 10.4. The van der Waals surface area contributed by atoms with Gasteiger partial charge in [-0.3, -0.25) is 14.7 Å². The zero-order chi connectivity index (χ0) is 27.6. The van der Waals surface area contributed by atoms with Crippen molar-refractivity contribution in [3.05, 3.63) is 120 Å². The summed E-state index contributed by atoms with van der Waals surface area (Å²) in [5.74, 6) is 0.835. The first kappa shape index (κ1) is 25.0. The van der Waals surface area contributed by atoms with E-state index in [4.69, 9.17) is 4.98 Å². The Hall–Kier alpha value is -4.95. The molecule has 41 heavy (non-hydrogen) atoms. The van der Waals surface area contributed by atoms with Gasteiger partial charge < -0.3 is 4.98 Å². The number of aromatic amines is 1. The predicted molar refractivity (Wildman–Crippen MR) is 160 cm³/mol. The number of nitrogens with zero attached hydrogens (tertiary/aromatic N) is 6. The maximum atomic E-state index is 12.5. The highest BCUT2D eigenvalue weighted by molar-refractivity contribution is 5.91. The molecule has 5 heterocycles. The molecule has 0 radical (unpaired) electrons. The number of rotatable bonds is 6. The quantitative estimate of drug-likeness (QED) is 0.290. The summed E-state index contributed by atoms with van der Waals surface area (Å²) >= 11 is 0. The van der Waals surface area contributed by atoms with Crippen molar-refractivity contribution < 1.29 is 0 Å². The van der Waals surface area contributed by atoms with Gasteiger partial charge in [0.1, 0.15) is 12.0 Å². The standard InChI is InChI=1S/C33H29N7O/c41-33-28-20-27(24-6-2-1-3-7-24)31(38-29(28)13-17-35-33)25-11-9-23(10-12-25)21-39-18-14-26(15-19-39)40-32(36-22-37-40)30-8-4-5-16-34-30/h1-13,16-17,20,22,26H,14-15,18-19,21H2,(H,35,41). The summed E-state index contributed by atoms with van der Waals surface area (Å²) < 4.78 is 2.04. The lowest BCUT2D eigenvalue weighted by molar-refractivity contribution is 0.174. The van der Waals surface area contributed by atoms with Crippen LogP contribution >= 0.6 is 0 Å². The van der Waals surface area contributed by atoms with Crippen molar-refractivity contribution in [2.45, 2.75) is 25.4 Å². The van der Waals surface area contributed by atoms with E-state index in [0.29, 0.717) is 16.9 Å². The number of hydrogen-bond acceptors (Lipinski definition) is 6. The Morgan fingerprint density at radius 2 is 1.66 bits per heavy atom. The molecule has 0 amide bonds. The number of piperidine rings is 1. The second-order valence-corrected chi connectivity index (χ2v) is 10.4. The summed E-state index contributed by atoms with van der Waals surface area (Å²) in [4.78, 5) is 31.7. The third kappa shape index (κ3) is 5.05. The van der Waals surface area contributed by atoms with Crippen molar-refractivity contribution >= 4 is 10.9 Å². The molecule has 0 saturated carbocycles. The van der Waals surface area contributed by atoms with E-state index in [1.54, 1.807) is 18.7 Å². The number of benzene rings is 2. The minimum absolute atomic E-state index is 0.130. The number of aromatic nitrogens is 6. The van der Waals surface area contributed by atoms with Gasteiger partial charge in [-0.05, 0) is 48.2 Å². The van der Waals surface area contributed by atoms with Crippen LogP contribution in [0.5, 0.6) is 0 Å². The average Bonchev–Trinajstić information content (AvgIpc) is 3.53. The highest BCUT2D eigenvalue weighted by Gasteiger charge is 2.24. The minimum Gasteiger partial charge on any atom is -0.328 e. The van der Waals surface area contributed by atoms with Crippen molar-refractivity contribution in [2.75, 3.05) is 13.1 Å². The Morgan fingerprint density at radius 1 is 0.854 bits per heavy atom. The molecule has 6 aromatic rings. The van der Waals surface area contributed by atoms with Gasteiger partial charge in [-0.25, -0.2) is 14.6 Å². The molecule has 1 aliphatic heterocycles. The number of nitrogens with one attached hydrogen (secondary N) is 1. The molecule has 0 spiro atoms. The highest BCUT2D eigenvalue weighted by atomic mass is 16.1. The number of likely N-dealkylation sites (tertiary alicyclic amines) is 1. The van der Waals surface area contributed by atoms with Gasteiger partial charge in [-0.15, -0.1) is 0 Å². The first-order valence-corrected chi connectivity index (χ1v) is 13.9. The van der Waals surface area contributed by atoms with Gasteiger partial charge >= 0.3 is 0 Å². The van der Waals surface area contributed by atoms with Gasteiger partial charge in [0.25, 0.3) is 5.56 Å². The second kappa shape index (κ2) is 10.9. The van der Waals surface area contributed by atoms with Gasteiger partial charge in [0, 0.05) is 43.2 Å². The Balaban J connectivity index is 1.08. The molecule has 0 unspecified atom stereocenters. The van der Waals surface area contributed by atoms with Gasteiger partial charge in [0.2, 0.25) is 0 Å². The van der Waals surface area contributed by atoms with Crippen molar-refractivity contribution in [2.24, 2.45) is 0 Å². The summed E-state index contributed by atoms with van der Waals surface area (Å²) in [7, 11) is 0. The minimum atomic E-state index is -0.130. The normalized spacial score (nSPS) is 14.4. The summed E-state index contributed by atoms with van der Waals surface area (Å²) in [6.07, 6.45) is 7.10. The molecule has 0 atom stereocenters. The van der Waals surface area contributed by atoms with Crippen LogP contribution in [-0.4, -0.2) is 47.7 Å². The highest BCUT2D eigenvalue weighted by Crippen LogP contribution is 2.33. The number of H-pyrrole nitrogens is 1. The lowest BCUT2D eigenvalue weighted by Gasteiger charge is -2.32. The molecule has 0 bridgehead atoms. The fourth-order valence-corrected chi connectivity index (χ4v) is 5.71. The molecule has 8 nitrogen and oxygen atoms in total. The van der Waals surface area contributed by atoms with E-state index in [1.165, 1.54) is 5.56 Å². The molecule has 1 N–H and O–H groups in total. The fraction of sp³-hybridized carbons (Fsp3) is 0.182. The van der Waals surface area contributed by atoms with Crippen LogP contribution in [0.3, 0.4) is 0 Å². The van der Waals surface area contributed by atoms with Gasteiger partial charge in [-0.2, -0.15) is 5.10 Å². The summed E-state index contributed by atoms with van der Waals surface area (Å²) in [5.41, 5.74) is 6.56. The molecular formula is C33H29N7O. The van der Waals surface area contributed by atoms with Crippen LogP contribution in [0.4, 0.5) is 0 Å². The molecule has 0 aliphatic carbocycles. The van der Waals surface area contributed by atoms with E-state index in [2.05, 4.69) is 61.3 Å². The third-order valence-corrected chi connectivity index (χ3v) is 7.84. The van der Waals surface area contributed by atoms with Crippen LogP contribution < -0.4 is 5.56 Å². The van der Waals surface area contributed by atoms with Crippen molar-refractivity contribution in [1.29, 1.82) is 0 Å². The molecule has 8 heteroatoms. The lowest BCUT2D eigenvalue weighted by atomic mass is 9.97. The van der Waals surface area contributed by atoms with Crippen LogP contribution in [0, 0.1) is 0 Å². The molecule has 7 rings (SSSR count). The van der Waals surface area contributed by atoms with E-state index < -0.39 is 0 Å². The molecular weight excluding hydrogens is 510 g/mol. The van der Waals surface area contributed by atoms with Crippen LogP contribution in [0.25, 0.3) is 44.8 Å². The fourth-order valence-electron chi connectivity index (χ4n) is 5.71. The van der Waals surface area contributed by atoms with Crippen LogP contribution in [0.2, 0.25) is 0 Å². The Morgan fingerprint density at radius 3 is 2.44 bits per heavy atom. The zero-order valence-electron chi connectivity index (χ0n) is 22.5. The van der Waals surface area contributed by atoms with Crippen LogP contribution in [0.15, 0.2) is 108 Å². The largest absolute Gasteiger partial charge is 0.328 e. The Kier molecular flexibility index (Phi) is 6.66. The van der Waals surface area contributed by atoms with Gasteiger partial charge in [0.05, 0.1) is 22.6 Å². The maximum absolute atomic E-state index is 12.5. The lowest BCUT2D eigenvalue weighted by Crippen LogP contribution is -2.34. The van der Waals surface area contributed by atoms with E-state index in [1.807, 2.05) is 53.2 Å². The van der Waals surface area contributed by atoms with E-state index in [0.717, 1.165) is 66.4 Å². The van der Waals surface area contributed by atoms with Crippen molar-refractivity contribution in [3.8, 4) is 33.9 Å². The molecule has 1 aliphatic rings. The van der Waals surface area contributed by atoms with Crippen LogP contribution in [-0.2, 0) is 6.54 Å². The molecule has 2 aromatic carbocycles. The SMILES string of the molecule is O=c1[nH]ccc2nc(-c3ccc(CN4CCC(n5ncnc5-c5ccccn5)CC4)cc3)c(-c3ccccc3)cc12. The van der Waals surface area contributed by atoms with Gasteiger partial charge in [-0.1, -0.05) is 60.7 Å². The Bertz CT molecular complexity index is 1840. The van der Waals surface area contributed by atoms with Crippen molar-refractivity contribution in [1.82, 2.24) is 34.6 Å². The predicted octanol–water partition coefficient (Wildman–Crippen LogP) is 5.75. The molecule has 4 aromatic heterocycles. The number of pyridine rings is 3. The number of hydrogen-bond donors (Lipinski definition) is 1. The monoisotopic (exact) mass is 539 g/mol. The first-order valence-electron chi connectivity index (χ1n) is 13.9. The molecule has 1 fully saturated rings. The zero-order valence-corrected chi connectivity index (χ0v) is 22.5. The van der Waals surface area contributed by atoms with E-state index >= 15 is 0 Å². The first-order chi connectivity index (χ1) is 20.2. The summed E-state index contributed by atoms with van der Waals surface area (Å²) in [6.45, 7) is 2.88. The molecule has 202 valence electrons. The molecule has 1 saturated heterocycles. The number of fused-ring (bicyclic) bond motifs is 1. The average molecular weight is 540 g/mol. The smallest absolute Gasteiger partial charge is 0.257 e. The maximum Gasteiger partial charge on any atom is 0.257 e. The third-order valence-electron chi connectivity index (χ3n) is 7.84.